The summed E-state index contributed by atoms with van der Waals surface area (Å²) in [5.74, 6) is 0. The fourth-order valence-corrected chi connectivity index (χ4v) is 1.69. The van der Waals surface area contributed by atoms with E-state index in [4.69, 9.17) is 0 Å². The molecule has 2 aromatic rings. The van der Waals surface area contributed by atoms with Gasteiger partial charge in [0.05, 0.1) is 6.42 Å². The molecule has 0 saturated heterocycles. The molecule has 0 fully saturated rings. The number of aromatic nitrogens is 1. The van der Waals surface area contributed by atoms with Crippen LogP contribution in [0.2, 0.25) is 0 Å². The van der Waals surface area contributed by atoms with Crippen molar-refractivity contribution < 1.29 is 13.2 Å². The first-order valence-corrected chi connectivity index (χ1v) is 4.86. The second-order valence-electron chi connectivity index (χ2n) is 3.82. The summed E-state index contributed by atoms with van der Waals surface area (Å²) >= 11 is 0. The molecule has 1 aromatic carbocycles. The lowest BCUT2D eigenvalue weighted by atomic mass is 10.0. The zero-order valence-electron chi connectivity index (χ0n) is 8.67. The van der Waals surface area contributed by atoms with Crippen LogP contribution in [-0.2, 0) is 6.42 Å². The highest BCUT2D eigenvalue weighted by atomic mass is 19.4. The number of nitrogens with zero attached hydrogens (tertiary/aromatic N) is 1. The second-order valence-corrected chi connectivity index (χ2v) is 3.82. The van der Waals surface area contributed by atoms with E-state index in [0.29, 0.717) is 5.39 Å². The molecule has 16 heavy (non-hydrogen) atoms. The van der Waals surface area contributed by atoms with Gasteiger partial charge in [0, 0.05) is 17.8 Å². The molecule has 0 bridgehead atoms. The van der Waals surface area contributed by atoms with Crippen LogP contribution < -0.4 is 0 Å². The number of halogens is 3. The maximum absolute atomic E-state index is 12.3. The zero-order chi connectivity index (χ0) is 11.8. The molecule has 1 aromatic heterocycles. The molecule has 0 aliphatic heterocycles. The summed E-state index contributed by atoms with van der Waals surface area (Å²) in [6.07, 6.45) is -2.26. The quantitative estimate of drug-likeness (QED) is 0.721. The minimum atomic E-state index is -4.19. The maximum atomic E-state index is 12.3. The van der Waals surface area contributed by atoms with Crippen LogP contribution in [0.4, 0.5) is 13.2 Å². The molecule has 0 amide bonds. The summed E-state index contributed by atoms with van der Waals surface area (Å²) in [4.78, 5) is 3.83. The Morgan fingerprint density at radius 1 is 1.19 bits per heavy atom. The Kier molecular flexibility index (Phi) is 2.58. The SMILES string of the molecule is Cc1ccc2cncc(CC(F)(F)F)c2c1. The first kappa shape index (κ1) is 10.9. The minimum Gasteiger partial charge on any atom is -0.264 e. The molecule has 4 heteroatoms. The molecule has 1 nitrogen and oxygen atoms in total. The summed E-state index contributed by atoms with van der Waals surface area (Å²) in [6, 6.07) is 5.41. The summed E-state index contributed by atoms with van der Waals surface area (Å²) in [5, 5.41) is 1.37. The average molecular weight is 225 g/mol. The lowest BCUT2D eigenvalue weighted by molar-refractivity contribution is -0.127. The third-order valence-electron chi connectivity index (χ3n) is 2.39. The van der Waals surface area contributed by atoms with Crippen LogP contribution in [0.15, 0.2) is 30.6 Å². The van der Waals surface area contributed by atoms with E-state index in [9.17, 15) is 13.2 Å². The van der Waals surface area contributed by atoms with E-state index in [1.165, 1.54) is 6.20 Å². The molecule has 1 heterocycles. The summed E-state index contributed by atoms with van der Waals surface area (Å²) in [5.41, 5.74) is 1.18. The van der Waals surface area contributed by atoms with Gasteiger partial charge < -0.3 is 0 Å². The van der Waals surface area contributed by atoms with Gasteiger partial charge in [-0.15, -0.1) is 0 Å². The molecule has 0 radical (unpaired) electrons. The molecule has 0 aliphatic rings. The van der Waals surface area contributed by atoms with Crippen molar-refractivity contribution in [3.8, 4) is 0 Å². The van der Waals surface area contributed by atoms with Gasteiger partial charge in [-0.05, 0) is 17.9 Å². The molecule has 0 N–H and O–H groups in total. The minimum absolute atomic E-state index is 0.230. The highest BCUT2D eigenvalue weighted by molar-refractivity contribution is 5.85. The Morgan fingerprint density at radius 3 is 2.62 bits per heavy atom. The van der Waals surface area contributed by atoms with Crippen molar-refractivity contribution in [2.45, 2.75) is 19.5 Å². The number of alkyl halides is 3. The van der Waals surface area contributed by atoms with Crippen LogP contribution in [0.1, 0.15) is 11.1 Å². The molecular formula is C12H10F3N. The Bertz CT molecular complexity index is 517. The fourth-order valence-electron chi connectivity index (χ4n) is 1.69. The van der Waals surface area contributed by atoms with Crippen molar-refractivity contribution in [3.63, 3.8) is 0 Å². The van der Waals surface area contributed by atoms with E-state index in [-0.39, 0.29) is 5.56 Å². The average Bonchev–Trinajstić information content (AvgIpc) is 2.17. The molecule has 0 saturated carbocycles. The van der Waals surface area contributed by atoms with E-state index >= 15 is 0 Å². The van der Waals surface area contributed by atoms with Crippen molar-refractivity contribution in [1.82, 2.24) is 4.98 Å². The van der Waals surface area contributed by atoms with Crippen LogP contribution in [-0.4, -0.2) is 11.2 Å². The van der Waals surface area contributed by atoms with Gasteiger partial charge in [0.1, 0.15) is 0 Å². The van der Waals surface area contributed by atoms with E-state index < -0.39 is 12.6 Å². The third kappa shape index (κ3) is 2.32. The molecule has 0 atom stereocenters. The van der Waals surface area contributed by atoms with Gasteiger partial charge in [0.2, 0.25) is 0 Å². The largest absolute Gasteiger partial charge is 0.393 e. The van der Waals surface area contributed by atoms with Crippen LogP contribution in [0, 0.1) is 6.92 Å². The predicted octanol–water partition coefficient (Wildman–Crippen LogP) is 3.65. The van der Waals surface area contributed by atoms with Crippen LogP contribution >= 0.6 is 0 Å². The van der Waals surface area contributed by atoms with Gasteiger partial charge in [0.25, 0.3) is 0 Å². The van der Waals surface area contributed by atoms with Gasteiger partial charge in [-0.25, -0.2) is 0 Å². The van der Waals surface area contributed by atoms with Crippen molar-refractivity contribution in [3.05, 3.63) is 41.7 Å². The van der Waals surface area contributed by atoms with Crippen LogP contribution in [0.25, 0.3) is 10.8 Å². The van der Waals surface area contributed by atoms with Gasteiger partial charge >= 0.3 is 6.18 Å². The number of aryl methyl sites for hydroxylation is 1. The van der Waals surface area contributed by atoms with Crippen molar-refractivity contribution in [2.24, 2.45) is 0 Å². The smallest absolute Gasteiger partial charge is 0.264 e. The van der Waals surface area contributed by atoms with Crippen molar-refractivity contribution >= 4 is 10.8 Å². The van der Waals surface area contributed by atoms with Gasteiger partial charge in [0.15, 0.2) is 0 Å². The van der Waals surface area contributed by atoms with Gasteiger partial charge in [-0.3, -0.25) is 4.98 Å². The fraction of sp³-hybridized carbons (Fsp3) is 0.250. The van der Waals surface area contributed by atoms with E-state index in [2.05, 4.69) is 4.98 Å². The molecule has 0 unspecified atom stereocenters. The predicted molar refractivity (Wildman–Crippen MR) is 56.2 cm³/mol. The lowest BCUT2D eigenvalue weighted by Crippen LogP contribution is -2.12. The number of pyridine rings is 1. The van der Waals surface area contributed by atoms with Crippen LogP contribution in [0.3, 0.4) is 0 Å². The molecule has 0 aliphatic carbocycles. The maximum Gasteiger partial charge on any atom is 0.393 e. The van der Waals surface area contributed by atoms with E-state index in [1.807, 2.05) is 13.0 Å². The monoisotopic (exact) mass is 225 g/mol. The molecule has 2 rings (SSSR count). The summed E-state index contributed by atoms with van der Waals surface area (Å²) < 4.78 is 37.0. The Labute approximate surface area is 90.9 Å². The van der Waals surface area contributed by atoms with Gasteiger partial charge in [-0.2, -0.15) is 13.2 Å². The summed E-state index contributed by atoms with van der Waals surface area (Å²) in [6.45, 7) is 1.86. The second kappa shape index (κ2) is 3.77. The van der Waals surface area contributed by atoms with Crippen molar-refractivity contribution in [1.29, 1.82) is 0 Å². The van der Waals surface area contributed by atoms with Crippen molar-refractivity contribution in [2.75, 3.05) is 0 Å². The normalized spacial score (nSPS) is 12.0. The summed E-state index contributed by atoms with van der Waals surface area (Å²) in [7, 11) is 0. The number of fused-ring (bicyclic) bond motifs is 1. The standard InChI is InChI=1S/C12H10F3N/c1-8-2-3-9-6-16-7-10(11(9)4-8)5-12(13,14)15/h2-4,6-7H,5H2,1H3. The van der Waals surface area contributed by atoms with E-state index in [0.717, 1.165) is 10.9 Å². The highest BCUT2D eigenvalue weighted by Crippen LogP contribution is 2.26. The highest BCUT2D eigenvalue weighted by Gasteiger charge is 2.28. The Hall–Kier alpha value is -1.58. The zero-order valence-corrected chi connectivity index (χ0v) is 8.67. The third-order valence-corrected chi connectivity index (χ3v) is 2.39. The number of benzene rings is 1. The lowest BCUT2D eigenvalue weighted by Gasteiger charge is -2.09. The molecule has 84 valence electrons. The number of hydrogen-bond donors (Lipinski definition) is 0. The first-order chi connectivity index (χ1) is 7.46. The Morgan fingerprint density at radius 2 is 1.94 bits per heavy atom. The Balaban J connectivity index is 2.56. The van der Waals surface area contributed by atoms with Gasteiger partial charge in [-0.1, -0.05) is 23.8 Å². The molecule has 0 spiro atoms. The molecular weight excluding hydrogens is 215 g/mol. The topological polar surface area (TPSA) is 12.9 Å². The number of rotatable bonds is 1. The van der Waals surface area contributed by atoms with E-state index in [1.54, 1.807) is 18.3 Å². The first-order valence-electron chi connectivity index (χ1n) is 4.86. The van der Waals surface area contributed by atoms with Crippen LogP contribution in [0.5, 0.6) is 0 Å². The number of hydrogen-bond acceptors (Lipinski definition) is 1.